The fourth-order valence-corrected chi connectivity index (χ4v) is 3.05. The predicted molar refractivity (Wildman–Crippen MR) is 72.0 cm³/mol. The van der Waals surface area contributed by atoms with Crippen LogP contribution < -0.4 is 5.32 Å². The highest BCUT2D eigenvalue weighted by atomic mass is 15.0. The summed E-state index contributed by atoms with van der Waals surface area (Å²) in [5.74, 6) is 0.901. The number of aryl methyl sites for hydroxylation is 1. The van der Waals surface area contributed by atoms with Gasteiger partial charge in [-0.2, -0.15) is 0 Å². The molecule has 1 N–H and O–H groups in total. The first-order valence-electron chi connectivity index (χ1n) is 7.15. The van der Waals surface area contributed by atoms with Gasteiger partial charge in [0, 0.05) is 12.1 Å². The van der Waals surface area contributed by atoms with Crippen molar-refractivity contribution in [2.24, 2.45) is 5.92 Å². The summed E-state index contributed by atoms with van der Waals surface area (Å²) >= 11 is 0. The molecule has 0 aromatic heterocycles. The molecule has 0 spiro atoms. The second-order valence-corrected chi connectivity index (χ2v) is 5.87. The number of hydrogen-bond donors (Lipinski definition) is 1. The minimum atomic E-state index is 0.624. The van der Waals surface area contributed by atoms with E-state index in [0.717, 1.165) is 12.0 Å². The summed E-state index contributed by atoms with van der Waals surface area (Å²) in [7, 11) is 0. The van der Waals surface area contributed by atoms with Gasteiger partial charge in [-0.05, 0) is 44.1 Å². The molecule has 0 radical (unpaired) electrons. The molecule has 1 heteroatoms. The summed E-state index contributed by atoms with van der Waals surface area (Å²) in [6, 6.07) is 10.5. The van der Waals surface area contributed by atoms with Gasteiger partial charge in [-0.3, -0.25) is 0 Å². The monoisotopic (exact) mass is 229 g/mol. The van der Waals surface area contributed by atoms with Crippen LogP contribution >= 0.6 is 0 Å². The summed E-state index contributed by atoms with van der Waals surface area (Å²) in [5.41, 5.74) is 2.87. The van der Waals surface area contributed by atoms with Gasteiger partial charge in [-0.25, -0.2) is 0 Å². The molecule has 1 unspecified atom stereocenters. The van der Waals surface area contributed by atoms with Crippen LogP contribution in [0.25, 0.3) is 0 Å². The van der Waals surface area contributed by atoms with Crippen LogP contribution in [-0.2, 0) is 0 Å². The fourth-order valence-electron chi connectivity index (χ4n) is 3.05. The predicted octanol–water partition coefficient (Wildman–Crippen LogP) is 3.98. The van der Waals surface area contributed by atoms with Gasteiger partial charge in [0.15, 0.2) is 0 Å². The zero-order valence-corrected chi connectivity index (χ0v) is 10.8. The van der Waals surface area contributed by atoms with Crippen LogP contribution in [0.2, 0.25) is 0 Å². The van der Waals surface area contributed by atoms with Crippen LogP contribution in [0.3, 0.4) is 0 Å². The van der Waals surface area contributed by atoms with E-state index in [9.17, 15) is 0 Å². The average Bonchev–Trinajstić information content (AvgIpc) is 3.05. The van der Waals surface area contributed by atoms with Gasteiger partial charge < -0.3 is 5.32 Å². The van der Waals surface area contributed by atoms with Gasteiger partial charge in [0.25, 0.3) is 0 Å². The second-order valence-electron chi connectivity index (χ2n) is 5.87. The Morgan fingerprint density at radius 1 is 1.00 bits per heavy atom. The SMILES string of the molecule is Cc1ccc(C(NC2CCCC2)C2CC2)cc1. The zero-order valence-electron chi connectivity index (χ0n) is 10.8. The Bertz CT molecular complexity index is 358. The first-order chi connectivity index (χ1) is 8.33. The molecule has 0 saturated heterocycles. The van der Waals surface area contributed by atoms with E-state index in [-0.39, 0.29) is 0 Å². The Morgan fingerprint density at radius 2 is 1.65 bits per heavy atom. The van der Waals surface area contributed by atoms with E-state index in [1.807, 2.05) is 0 Å². The molecule has 2 fully saturated rings. The molecule has 2 saturated carbocycles. The maximum atomic E-state index is 3.91. The van der Waals surface area contributed by atoms with Gasteiger partial charge >= 0.3 is 0 Å². The molecule has 3 rings (SSSR count). The second kappa shape index (κ2) is 4.81. The third-order valence-corrected chi connectivity index (χ3v) is 4.30. The lowest BCUT2D eigenvalue weighted by molar-refractivity contribution is 0.406. The minimum Gasteiger partial charge on any atom is -0.307 e. The summed E-state index contributed by atoms with van der Waals surface area (Å²) in [5, 5.41) is 3.91. The molecule has 0 amide bonds. The summed E-state index contributed by atoms with van der Waals surface area (Å²) < 4.78 is 0. The number of rotatable bonds is 4. The summed E-state index contributed by atoms with van der Waals surface area (Å²) in [6.07, 6.45) is 8.44. The lowest BCUT2D eigenvalue weighted by Gasteiger charge is -2.23. The van der Waals surface area contributed by atoms with E-state index in [0.29, 0.717) is 6.04 Å². The highest BCUT2D eigenvalue weighted by Crippen LogP contribution is 2.42. The lowest BCUT2D eigenvalue weighted by Crippen LogP contribution is -2.31. The molecule has 2 aliphatic rings. The maximum Gasteiger partial charge on any atom is 0.0351 e. The topological polar surface area (TPSA) is 12.0 Å². The van der Waals surface area contributed by atoms with Crippen molar-refractivity contribution in [2.45, 2.75) is 57.5 Å². The fraction of sp³-hybridized carbons (Fsp3) is 0.625. The summed E-state index contributed by atoms with van der Waals surface area (Å²) in [4.78, 5) is 0. The van der Waals surface area contributed by atoms with Crippen LogP contribution in [0.5, 0.6) is 0 Å². The van der Waals surface area contributed by atoms with E-state index in [1.54, 1.807) is 0 Å². The third kappa shape index (κ3) is 2.71. The Kier molecular flexibility index (Phi) is 3.19. The van der Waals surface area contributed by atoms with Crippen molar-refractivity contribution in [1.82, 2.24) is 5.32 Å². The molecule has 0 aliphatic heterocycles. The first-order valence-corrected chi connectivity index (χ1v) is 7.15. The standard InChI is InChI=1S/C16H23N/c1-12-6-8-13(9-7-12)16(14-10-11-14)17-15-4-2-3-5-15/h6-9,14-17H,2-5,10-11H2,1H3. The largest absolute Gasteiger partial charge is 0.307 e. The van der Waals surface area contributed by atoms with Crippen molar-refractivity contribution < 1.29 is 0 Å². The van der Waals surface area contributed by atoms with Crippen LogP contribution in [0, 0.1) is 12.8 Å². The molecular weight excluding hydrogens is 206 g/mol. The van der Waals surface area contributed by atoms with Crippen LogP contribution in [0.4, 0.5) is 0 Å². The van der Waals surface area contributed by atoms with E-state index in [2.05, 4.69) is 36.5 Å². The van der Waals surface area contributed by atoms with Crippen molar-refractivity contribution in [3.05, 3.63) is 35.4 Å². The number of nitrogens with one attached hydrogen (secondary N) is 1. The molecule has 1 nitrogen and oxygen atoms in total. The highest BCUT2D eigenvalue weighted by Gasteiger charge is 2.33. The van der Waals surface area contributed by atoms with Crippen molar-refractivity contribution in [3.8, 4) is 0 Å². The van der Waals surface area contributed by atoms with E-state index in [1.165, 1.54) is 49.7 Å². The van der Waals surface area contributed by atoms with E-state index < -0.39 is 0 Å². The quantitative estimate of drug-likeness (QED) is 0.823. The van der Waals surface area contributed by atoms with E-state index in [4.69, 9.17) is 0 Å². The van der Waals surface area contributed by atoms with Gasteiger partial charge in [-0.1, -0.05) is 42.7 Å². The van der Waals surface area contributed by atoms with Gasteiger partial charge in [-0.15, -0.1) is 0 Å². The van der Waals surface area contributed by atoms with Crippen molar-refractivity contribution in [1.29, 1.82) is 0 Å². The Balaban J connectivity index is 1.72. The average molecular weight is 229 g/mol. The molecular formula is C16H23N. The molecule has 1 atom stereocenters. The minimum absolute atomic E-state index is 0.624. The van der Waals surface area contributed by atoms with Gasteiger partial charge in [0.05, 0.1) is 0 Å². The number of benzene rings is 1. The molecule has 1 aromatic carbocycles. The van der Waals surface area contributed by atoms with Crippen molar-refractivity contribution in [2.75, 3.05) is 0 Å². The van der Waals surface area contributed by atoms with Crippen LogP contribution in [0.1, 0.15) is 55.7 Å². The molecule has 2 aliphatic carbocycles. The third-order valence-electron chi connectivity index (χ3n) is 4.30. The highest BCUT2D eigenvalue weighted by molar-refractivity contribution is 5.25. The van der Waals surface area contributed by atoms with Crippen LogP contribution in [-0.4, -0.2) is 6.04 Å². The molecule has 17 heavy (non-hydrogen) atoms. The van der Waals surface area contributed by atoms with Crippen LogP contribution in [0.15, 0.2) is 24.3 Å². The van der Waals surface area contributed by atoms with Gasteiger partial charge in [0.2, 0.25) is 0 Å². The summed E-state index contributed by atoms with van der Waals surface area (Å²) in [6.45, 7) is 2.17. The number of hydrogen-bond acceptors (Lipinski definition) is 1. The lowest BCUT2D eigenvalue weighted by atomic mass is 10.00. The molecule has 0 bridgehead atoms. The smallest absolute Gasteiger partial charge is 0.0351 e. The first kappa shape index (κ1) is 11.3. The molecule has 92 valence electrons. The maximum absolute atomic E-state index is 3.91. The Morgan fingerprint density at radius 3 is 2.24 bits per heavy atom. The zero-order chi connectivity index (χ0) is 11.7. The molecule has 0 heterocycles. The Labute approximate surface area is 105 Å². The van der Waals surface area contributed by atoms with Crippen molar-refractivity contribution in [3.63, 3.8) is 0 Å². The van der Waals surface area contributed by atoms with Crippen molar-refractivity contribution >= 4 is 0 Å². The normalized spacial score (nSPS) is 22.9. The van der Waals surface area contributed by atoms with E-state index >= 15 is 0 Å². The van der Waals surface area contributed by atoms with Gasteiger partial charge in [0.1, 0.15) is 0 Å². The Hall–Kier alpha value is -0.820. The molecule has 1 aromatic rings.